The van der Waals surface area contributed by atoms with Crippen LogP contribution in [0.15, 0.2) is 58.4 Å². The molecule has 0 atom stereocenters. The van der Waals surface area contributed by atoms with E-state index in [4.69, 9.17) is 4.74 Å². The molecule has 0 aliphatic carbocycles. The Morgan fingerprint density at radius 3 is 2.58 bits per heavy atom. The Labute approximate surface area is 155 Å². The summed E-state index contributed by atoms with van der Waals surface area (Å²) in [7, 11) is -1.91. The second-order valence-corrected chi connectivity index (χ2v) is 8.68. The number of carbonyl (C=O) groups excluding carboxylic acids is 1. The molecule has 3 aromatic rings. The SMILES string of the molecule is COCCn1c(=NC(=O)c2ccccc2S(C)(=O)=O)sc2ccccc21. The average Bonchev–Trinajstić information content (AvgIpc) is 2.96. The Morgan fingerprint density at radius 2 is 1.85 bits per heavy atom. The maximum atomic E-state index is 12.7. The van der Waals surface area contributed by atoms with Crippen molar-refractivity contribution in [2.75, 3.05) is 20.0 Å². The van der Waals surface area contributed by atoms with Crippen molar-refractivity contribution >= 4 is 37.3 Å². The van der Waals surface area contributed by atoms with Gasteiger partial charge in [-0.2, -0.15) is 4.99 Å². The quantitative estimate of drug-likeness (QED) is 0.671. The molecule has 0 bridgehead atoms. The van der Waals surface area contributed by atoms with Crippen molar-refractivity contribution in [3.05, 3.63) is 58.9 Å². The molecule has 2 aromatic carbocycles. The minimum absolute atomic E-state index is 0.0155. The molecule has 6 nitrogen and oxygen atoms in total. The number of hydrogen-bond acceptors (Lipinski definition) is 5. The summed E-state index contributed by atoms with van der Waals surface area (Å²) in [4.78, 5) is 17.4. The number of carbonyl (C=O) groups is 1. The lowest BCUT2D eigenvalue weighted by atomic mass is 10.2. The largest absolute Gasteiger partial charge is 0.383 e. The van der Waals surface area contributed by atoms with Crippen LogP contribution in [0.3, 0.4) is 0 Å². The van der Waals surface area contributed by atoms with Crippen molar-refractivity contribution < 1.29 is 17.9 Å². The molecule has 0 aliphatic heterocycles. The summed E-state index contributed by atoms with van der Waals surface area (Å²) in [5.41, 5.74) is 1.03. The van der Waals surface area contributed by atoms with Crippen molar-refractivity contribution in [3.63, 3.8) is 0 Å². The third-order valence-electron chi connectivity index (χ3n) is 3.82. The van der Waals surface area contributed by atoms with Gasteiger partial charge in [0.15, 0.2) is 14.6 Å². The summed E-state index contributed by atoms with van der Waals surface area (Å²) in [6, 6.07) is 13.9. The number of sulfone groups is 1. The van der Waals surface area contributed by atoms with E-state index in [0.717, 1.165) is 16.5 Å². The Balaban J connectivity index is 2.15. The van der Waals surface area contributed by atoms with E-state index in [-0.39, 0.29) is 10.5 Å². The average molecular weight is 390 g/mol. The van der Waals surface area contributed by atoms with Crippen LogP contribution in [0.4, 0.5) is 0 Å². The van der Waals surface area contributed by atoms with Gasteiger partial charge in [0.2, 0.25) is 0 Å². The fourth-order valence-corrected chi connectivity index (χ4v) is 4.55. The minimum atomic E-state index is -3.52. The van der Waals surface area contributed by atoms with Gasteiger partial charge in [-0.05, 0) is 24.3 Å². The molecule has 0 aliphatic rings. The van der Waals surface area contributed by atoms with Crippen LogP contribution in [0.5, 0.6) is 0 Å². The van der Waals surface area contributed by atoms with E-state index in [0.29, 0.717) is 18.0 Å². The number of methoxy groups -OCH3 is 1. The molecular formula is C18H18N2O4S2. The predicted octanol–water partition coefficient (Wildman–Crippen LogP) is 2.49. The van der Waals surface area contributed by atoms with Crippen molar-refractivity contribution in [2.45, 2.75) is 11.4 Å². The topological polar surface area (TPSA) is 77.7 Å². The van der Waals surface area contributed by atoms with Gasteiger partial charge in [0.25, 0.3) is 5.91 Å². The molecule has 0 fully saturated rings. The monoisotopic (exact) mass is 390 g/mol. The molecule has 1 aromatic heterocycles. The highest BCUT2D eigenvalue weighted by Gasteiger charge is 2.18. The molecule has 0 radical (unpaired) electrons. The van der Waals surface area contributed by atoms with Crippen molar-refractivity contribution in [2.24, 2.45) is 4.99 Å². The number of hydrogen-bond donors (Lipinski definition) is 0. The summed E-state index contributed by atoms with van der Waals surface area (Å²) >= 11 is 1.38. The van der Waals surface area contributed by atoms with Crippen LogP contribution in [0, 0.1) is 0 Å². The Hall–Kier alpha value is -2.29. The number of ether oxygens (including phenoxy) is 1. The number of aromatic nitrogens is 1. The molecule has 136 valence electrons. The van der Waals surface area contributed by atoms with Gasteiger partial charge in [-0.3, -0.25) is 4.79 Å². The van der Waals surface area contributed by atoms with Crippen LogP contribution in [-0.2, 0) is 21.1 Å². The van der Waals surface area contributed by atoms with Gasteiger partial charge in [-0.15, -0.1) is 0 Å². The highest BCUT2D eigenvalue weighted by Crippen LogP contribution is 2.18. The lowest BCUT2D eigenvalue weighted by molar-refractivity contribution is 0.0994. The van der Waals surface area contributed by atoms with E-state index >= 15 is 0 Å². The number of amides is 1. The van der Waals surface area contributed by atoms with E-state index in [2.05, 4.69) is 4.99 Å². The van der Waals surface area contributed by atoms with Gasteiger partial charge < -0.3 is 9.30 Å². The lowest BCUT2D eigenvalue weighted by Gasteiger charge is -2.05. The molecule has 0 N–H and O–H groups in total. The molecule has 0 saturated heterocycles. The second kappa shape index (κ2) is 7.53. The summed E-state index contributed by atoms with van der Waals surface area (Å²) in [5.74, 6) is -0.580. The molecule has 0 spiro atoms. The smallest absolute Gasteiger partial charge is 0.280 e. The fourth-order valence-electron chi connectivity index (χ4n) is 2.62. The van der Waals surface area contributed by atoms with E-state index in [1.54, 1.807) is 19.2 Å². The summed E-state index contributed by atoms with van der Waals surface area (Å²) in [5, 5.41) is 0. The number of thiazole rings is 1. The molecule has 3 rings (SSSR count). The zero-order valence-corrected chi connectivity index (χ0v) is 16.0. The van der Waals surface area contributed by atoms with Gasteiger partial charge in [0.05, 0.1) is 27.3 Å². The first-order valence-electron chi connectivity index (χ1n) is 7.87. The number of fused-ring (bicyclic) bond motifs is 1. The zero-order valence-electron chi connectivity index (χ0n) is 14.4. The molecule has 1 heterocycles. The first kappa shape index (κ1) is 18.5. The summed E-state index contributed by atoms with van der Waals surface area (Å²) in [6.07, 6.45) is 1.08. The van der Waals surface area contributed by atoms with Gasteiger partial charge in [0.1, 0.15) is 0 Å². The zero-order chi connectivity index (χ0) is 18.7. The van der Waals surface area contributed by atoms with E-state index < -0.39 is 15.7 Å². The number of para-hydroxylation sites is 1. The van der Waals surface area contributed by atoms with Gasteiger partial charge >= 0.3 is 0 Å². The molecular weight excluding hydrogens is 372 g/mol. The van der Waals surface area contributed by atoms with Gasteiger partial charge in [-0.25, -0.2) is 8.42 Å². The number of nitrogens with zero attached hydrogens (tertiary/aromatic N) is 2. The van der Waals surface area contributed by atoms with Crippen LogP contribution in [0.2, 0.25) is 0 Å². The summed E-state index contributed by atoms with van der Waals surface area (Å²) < 4.78 is 31.9. The first-order valence-corrected chi connectivity index (χ1v) is 10.6. The van der Waals surface area contributed by atoms with Gasteiger partial charge in [0, 0.05) is 19.9 Å². The number of benzene rings is 2. The fraction of sp³-hybridized carbons (Fsp3) is 0.222. The molecule has 0 unspecified atom stereocenters. The normalized spacial score (nSPS) is 12.6. The van der Waals surface area contributed by atoms with Crippen LogP contribution in [0.1, 0.15) is 10.4 Å². The Kier molecular flexibility index (Phi) is 5.36. The molecule has 8 heteroatoms. The summed E-state index contributed by atoms with van der Waals surface area (Å²) in [6.45, 7) is 1.02. The highest BCUT2D eigenvalue weighted by atomic mass is 32.2. The highest BCUT2D eigenvalue weighted by molar-refractivity contribution is 7.90. The van der Waals surface area contributed by atoms with Gasteiger partial charge in [-0.1, -0.05) is 35.6 Å². The molecule has 1 amide bonds. The minimum Gasteiger partial charge on any atom is -0.383 e. The third kappa shape index (κ3) is 3.77. The Morgan fingerprint density at radius 1 is 1.15 bits per heavy atom. The maximum Gasteiger partial charge on any atom is 0.280 e. The van der Waals surface area contributed by atoms with E-state index in [9.17, 15) is 13.2 Å². The number of rotatable bonds is 5. The van der Waals surface area contributed by atoms with Crippen LogP contribution < -0.4 is 4.80 Å². The first-order chi connectivity index (χ1) is 12.4. The van der Waals surface area contributed by atoms with Crippen LogP contribution in [0.25, 0.3) is 10.2 Å². The second-order valence-electron chi connectivity index (χ2n) is 5.68. The lowest BCUT2D eigenvalue weighted by Crippen LogP contribution is -2.20. The van der Waals surface area contributed by atoms with E-state index in [1.807, 2.05) is 28.8 Å². The standard InChI is InChI=1S/C18H18N2O4S2/c1-24-12-11-20-14-8-4-5-9-15(14)25-18(20)19-17(21)13-7-3-6-10-16(13)26(2,22)23/h3-10H,11-12H2,1-2H3. The molecule has 26 heavy (non-hydrogen) atoms. The molecule has 0 saturated carbocycles. The van der Waals surface area contributed by atoms with Crippen molar-refractivity contribution in [1.29, 1.82) is 0 Å². The predicted molar refractivity (Wildman–Crippen MR) is 101 cm³/mol. The van der Waals surface area contributed by atoms with Crippen LogP contribution in [-0.4, -0.2) is 38.9 Å². The van der Waals surface area contributed by atoms with E-state index in [1.165, 1.54) is 23.5 Å². The van der Waals surface area contributed by atoms with Crippen molar-refractivity contribution in [3.8, 4) is 0 Å². The Bertz CT molecular complexity index is 1130. The van der Waals surface area contributed by atoms with Crippen molar-refractivity contribution in [1.82, 2.24) is 4.57 Å². The third-order valence-corrected chi connectivity index (χ3v) is 6.04. The van der Waals surface area contributed by atoms with Crippen LogP contribution >= 0.6 is 11.3 Å². The maximum absolute atomic E-state index is 12.7.